The zero-order valence-corrected chi connectivity index (χ0v) is 36.1. The molecule has 11 nitrogen and oxygen atoms in total. The number of anilines is 1. The molecule has 300 valence electrons. The van der Waals surface area contributed by atoms with Crippen molar-refractivity contribution >= 4 is 66.6 Å². The van der Waals surface area contributed by atoms with Crippen molar-refractivity contribution in [2.75, 3.05) is 51.3 Å². The van der Waals surface area contributed by atoms with Crippen LogP contribution < -0.4 is 9.64 Å². The van der Waals surface area contributed by atoms with Crippen molar-refractivity contribution in [3.63, 3.8) is 0 Å². The summed E-state index contributed by atoms with van der Waals surface area (Å²) in [5.74, 6) is 0.612. The van der Waals surface area contributed by atoms with Gasteiger partial charge in [0.05, 0.1) is 33.4 Å². The summed E-state index contributed by atoms with van der Waals surface area (Å²) in [6.07, 6.45) is 3.17. The van der Waals surface area contributed by atoms with Crippen LogP contribution in [0.2, 0.25) is 10.0 Å². The van der Waals surface area contributed by atoms with Gasteiger partial charge in [-0.15, -0.1) is 0 Å². The average molecular weight is 831 g/mol. The van der Waals surface area contributed by atoms with E-state index in [9.17, 15) is 8.42 Å². The normalized spacial score (nSPS) is 17.0. The van der Waals surface area contributed by atoms with Crippen molar-refractivity contribution in [2.45, 2.75) is 58.4 Å². The zero-order chi connectivity index (χ0) is 40.7. The molecule has 57 heavy (non-hydrogen) atoms. The minimum Gasteiger partial charge on any atom is -0.494 e. The van der Waals surface area contributed by atoms with Crippen LogP contribution in [0.1, 0.15) is 58.0 Å². The van der Waals surface area contributed by atoms with E-state index in [0.717, 1.165) is 66.4 Å². The number of rotatable bonds is 9. The highest BCUT2D eigenvalue weighted by molar-refractivity contribution is 7.89. The van der Waals surface area contributed by atoms with E-state index in [2.05, 4.69) is 16.4 Å². The van der Waals surface area contributed by atoms with E-state index in [0.29, 0.717) is 74.0 Å². The zero-order valence-electron chi connectivity index (χ0n) is 33.8. The molecule has 5 heterocycles. The van der Waals surface area contributed by atoms with Crippen LogP contribution in [-0.4, -0.2) is 88.8 Å². The van der Waals surface area contributed by atoms with E-state index in [1.807, 2.05) is 99.5 Å². The van der Waals surface area contributed by atoms with Crippen LogP contribution in [0, 0.1) is 27.7 Å². The number of aryl methyl sites for hydroxylation is 6. The fourth-order valence-corrected chi connectivity index (χ4v) is 10.6. The standard InChI is InChI=1S/C43H49Cl2N7O4S/c1-25-20-30(21-26(2)40(25)45)56-19-9-10-32-33-12-13-35(44)39(38-28(4)46-49(8)29(38)5)41(33)52-27(3)23-51(43(53)42(32)52)37-24-48(7)36-14-11-31(22-34(36)37)57(54,55)50-17-15-47(6)16-18-50/h11-14,20-22,24,27H,9-10,15-19,23H2,1-8H3/t27-/m1/s1. The van der Waals surface area contributed by atoms with Gasteiger partial charge in [-0.1, -0.05) is 29.3 Å². The molecule has 3 aromatic heterocycles. The molecule has 0 spiro atoms. The second kappa shape index (κ2) is 14.8. The summed E-state index contributed by atoms with van der Waals surface area (Å²) in [5, 5.41) is 7.74. The molecule has 8 rings (SSSR count). The Labute approximate surface area is 344 Å². The van der Waals surface area contributed by atoms with Gasteiger partial charge in [0.1, 0.15) is 11.4 Å². The monoisotopic (exact) mass is 829 g/mol. The van der Waals surface area contributed by atoms with Crippen molar-refractivity contribution in [2.24, 2.45) is 14.1 Å². The number of amides is 1. The summed E-state index contributed by atoms with van der Waals surface area (Å²) in [5.41, 5.74) is 9.54. The van der Waals surface area contributed by atoms with Gasteiger partial charge in [0.25, 0.3) is 5.91 Å². The van der Waals surface area contributed by atoms with Gasteiger partial charge < -0.3 is 23.7 Å². The fourth-order valence-electron chi connectivity index (χ4n) is 8.84. The molecule has 0 radical (unpaired) electrons. The number of sulfonamides is 1. The van der Waals surface area contributed by atoms with E-state index in [1.165, 1.54) is 0 Å². The summed E-state index contributed by atoms with van der Waals surface area (Å²) in [4.78, 5) is 19.5. The predicted molar refractivity (Wildman–Crippen MR) is 229 cm³/mol. The first-order valence-electron chi connectivity index (χ1n) is 19.4. The number of halogens is 2. The number of piperazine rings is 1. The largest absolute Gasteiger partial charge is 0.494 e. The maximum atomic E-state index is 15.3. The first-order chi connectivity index (χ1) is 27.1. The minimum atomic E-state index is -3.74. The highest BCUT2D eigenvalue weighted by atomic mass is 35.5. The third-order valence-corrected chi connectivity index (χ3v) is 14.7. The molecule has 0 aliphatic carbocycles. The highest BCUT2D eigenvalue weighted by Crippen LogP contribution is 2.46. The summed E-state index contributed by atoms with van der Waals surface area (Å²) in [6, 6.07) is 13.0. The fraction of sp³-hybridized carbons (Fsp3) is 0.395. The van der Waals surface area contributed by atoms with Crippen LogP contribution >= 0.6 is 23.2 Å². The van der Waals surface area contributed by atoms with E-state index >= 15 is 4.79 Å². The van der Waals surface area contributed by atoms with Crippen molar-refractivity contribution in [3.05, 3.63) is 92.5 Å². The molecule has 1 amide bonds. The smallest absolute Gasteiger partial charge is 0.275 e. The molecule has 1 saturated heterocycles. The maximum Gasteiger partial charge on any atom is 0.275 e. The molecular weight excluding hydrogens is 781 g/mol. The van der Waals surface area contributed by atoms with Crippen molar-refractivity contribution in [3.8, 4) is 16.9 Å². The third-order valence-electron chi connectivity index (χ3n) is 11.9. The van der Waals surface area contributed by atoms with Gasteiger partial charge in [-0.05, 0) is 108 Å². The van der Waals surface area contributed by atoms with Gasteiger partial charge in [0.15, 0.2) is 0 Å². The van der Waals surface area contributed by atoms with Gasteiger partial charge in [-0.25, -0.2) is 8.42 Å². The molecule has 0 unspecified atom stereocenters. The van der Waals surface area contributed by atoms with Crippen LogP contribution in [0.5, 0.6) is 5.75 Å². The quantitative estimate of drug-likeness (QED) is 0.136. The first-order valence-corrected chi connectivity index (χ1v) is 21.6. The molecule has 2 aliphatic rings. The van der Waals surface area contributed by atoms with E-state index in [1.54, 1.807) is 16.4 Å². The second-order valence-corrected chi connectivity index (χ2v) is 18.5. The topological polar surface area (TPSA) is 97.8 Å². The van der Waals surface area contributed by atoms with Crippen molar-refractivity contribution in [1.29, 1.82) is 0 Å². The summed E-state index contributed by atoms with van der Waals surface area (Å²) < 4.78 is 41.7. The van der Waals surface area contributed by atoms with Gasteiger partial charge in [-0.2, -0.15) is 9.40 Å². The predicted octanol–water partition coefficient (Wildman–Crippen LogP) is 8.24. The third kappa shape index (κ3) is 6.63. The molecule has 14 heteroatoms. The molecule has 3 aromatic carbocycles. The number of nitrogens with zero attached hydrogens (tertiary/aromatic N) is 7. The Morgan fingerprint density at radius 2 is 1.60 bits per heavy atom. The molecule has 0 bridgehead atoms. The van der Waals surface area contributed by atoms with Gasteiger partial charge >= 0.3 is 0 Å². The number of hydrogen-bond donors (Lipinski definition) is 0. The Balaban J connectivity index is 1.24. The highest BCUT2D eigenvalue weighted by Gasteiger charge is 2.38. The molecule has 6 aromatic rings. The van der Waals surface area contributed by atoms with Gasteiger partial charge in [0.2, 0.25) is 10.0 Å². The second-order valence-electron chi connectivity index (χ2n) is 15.8. The summed E-state index contributed by atoms with van der Waals surface area (Å²) >= 11 is 13.6. The number of carbonyl (C=O) groups is 1. The lowest BCUT2D eigenvalue weighted by Gasteiger charge is -2.34. The molecular formula is C43H49Cl2N7O4S. The Bertz CT molecular complexity index is 2680. The molecule has 1 atom stereocenters. The van der Waals surface area contributed by atoms with Crippen molar-refractivity contribution in [1.82, 2.24) is 28.1 Å². The van der Waals surface area contributed by atoms with Gasteiger partial charge in [0, 0.05) is 97.2 Å². The Morgan fingerprint density at radius 1 is 0.895 bits per heavy atom. The minimum absolute atomic E-state index is 0.147. The van der Waals surface area contributed by atoms with Crippen LogP contribution in [-0.2, 0) is 30.5 Å². The Kier molecular flexibility index (Phi) is 10.3. The number of carbonyl (C=O) groups excluding carboxylic acids is 1. The number of hydrogen-bond acceptors (Lipinski definition) is 6. The van der Waals surface area contributed by atoms with E-state index in [4.69, 9.17) is 33.0 Å². The van der Waals surface area contributed by atoms with Gasteiger partial charge in [-0.3, -0.25) is 9.48 Å². The lowest BCUT2D eigenvalue weighted by molar-refractivity contribution is 0.0957. The van der Waals surface area contributed by atoms with Crippen LogP contribution in [0.3, 0.4) is 0 Å². The summed E-state index contributed by atoms with van der Waals surface area (Å²) in [7, 11) is 2.12. The molecule has 0 saturated carbocycles. The molecule has 1 fully saturated rings. The average Bonchev–Trinajstić information content (AvgIpc) is 3.77. The van der Waals surface area contributed by atoms with Crippen LogP contribution in [0.25, 0.3) is 32.9 Å². The lowest BCUT2D eigenvalue weighted by Crippen LogP contribution is -2.47. The Hall–Kier alpha value is -4.33. The maximum absolute atomic E-state index is 15.3. The van der Waals surface area contributed by atoms with Crippen LogP contribution in [0.15, 0.2) is 53.6 Å². The SMILES string of the molecule is Cc1cc(OCCCc2c3n(c4c(-c5c(C)nn(C)c5C)c(Cl)ccc24)[C@H](C)CN(c2cn(C)c4ccc(S(=O)(=O)N5CCN(C)CC5)cc24)C3=O)cc(C)c1Cl. The summed E-state index contributed by atoms with van der Waals surface area (Å²) in [6.45, 7) is 13.1. The number of aromatic nitrogens is 4. The number of fused-ring (bicyclic) bond motifs is 4. The number of ether oxygens (including phenoxy) is 1. The number of likely N-dealkylation sites (N-methyl/N-ethyl adjacent to an activating group) is 1. The molecule has 2 aliphatic heterocycles. The van der Waals surface area contributed by atoms with E-state index in [-0.39, 0.29) is 16.8 Å². The molecule has 0 N–H and O–H groups in total. The number of benzene rings is 3. The lowest BCUT2D eigenvalue weighted by atomic mass is 9.98. The Morgan fingerprint density at radius 3 is 2.26 bits per heavy atom. The van der Waals surface area contributed by atoms with Crippen molar-refractivity contribution < 1.29 is 17.9 Å². The first kappa shape index (κ1) is 39.5. The van der Waals surface area contributed by atoms with E-state index < -0.39 is 10.0 Å². The van der Waals surface area contributed by atoms with Crippen LogP contribution in [0.4, 0.5) is 5.69 Å².